The molecular weight excluding hydrogens is 400 g/mol. The van der Waals surface area contributed by atoms with Gasteiger partial charge in [-0.25, -0.2) is 4.68 Å². The third kappa shape index (κ3) is 4.22. The van der Waals surface area contributed by atoms with Gasteiger partial charge >= 0.3 is 0 Å². The maximum atomic E-state index is 12.1. The van der Waals surface area contributed by atoms with Gasteiger partial charge in [0.2, 0.25) is 5.91 Å². The second-order valence-corrected chi connectivity index (χ2v) is 8.12. The van der Waals surface area contributed by atoms with Crippen LogP contribution in [0.2, 0.25) is 0 Å². The Morgan fingerprint density at radius 3 is 2.59 bits per heavy atom. The largest absolute Gasteiger partial charge is 0.460 e. The Hall–Kier alpha value is -3.64. The SMILES string of the molecule is Cc1ccc(-c2nn(-c3ccccc3)cc2CNCc2cccc(N3CCCC3=O)c2)o1. The number of anilines is 1. The van der Waals surface area contributed by atoms with Crippen molar-refractivity contribution < 1.29 is 9.21 Å². The lowest BCUT2D eigenvalue weighted by Gasteiger charge is -2.16. The number of furan rings is 1. The van der Waals surface area contributed by atoms with Gasteiger partial charge in [-0.05, 0) is 55.3 Å². The normalized spacial score (nSPS) is 13.8. The third-order valence-corrected chi connectivity index (χ3v) is 5.72. The molecular formula is C26H26N4O2. The van der Waals surface area contributed by atoms with Gasteiger partial charge < -0.3 is 14.6 Å². The molecule has 0 atom stereocenters. The Balaban J connectivity index is 1.34. The van der Waals surface area contributed by atoms with Crippen LogP contribution >= 0.6 is 0 Å². The summed E-state index contributed by atoms with van der Waals surface area (Å²) in [5, 5.41) is 8.33. The molecule has 6 nitrogen and oxygen atoms in total. The van der Waals surface area contributed by atoms with E-state index in [1.807, 2.05) is 71.1 Å². The van der Waals surface area contributed by atoms with Crippen molar-refractivity contribution >= 4 is 11.6 Å². The Bertz CT molecular complexity index is 1230. The number of aryl methyl sites for hydroxylation is 1. The summed E-state index contributed by atoms with van der Waals surface area (Å²) in [4.78, 5) is 14.0. The van der Waals surface area contributed by atoms with Crippen molar-refractivity contribution in [2.75, 3.05) is 11.4 Å². The molecule has 1 amide bonds. The second kappa shape index (κ2) is 8.85. The minimum absolute atomic E-state index is 0.210. The molecule has 0 bridgehead atoms. The summed E-state index contributed by atoms with van der Waals surface area (Å²) in [7, 11) is 0. The molecule has 1 aliphatic rings. The molecule has 0 unspecified atom stereocenters. The van der Waals surface area contributed by atoms with Crippen LogP contribution in [0.25, 0.3) is 17.1 Å². The van der Waals surface area contributed by atoms with Crippen molar-refractivity contribution in [3.63, 3.8) is 0 Å². The lowest BCUT2D eigenvalue weighted by molar-refractivity contribution is -0.117. The first-order valence-corrected chi connectivity index (χ1v) is 11.0. The predicted molar refractivity (Wildman–Crippen MR) is 125 cm³/mol. The number of hydrogen-bond donors (Lipinski definition) is 1. The van der Waals surface area contributed by atoms with Crippen LogP contribution in [0.3, 0.4) is 0 Å². The van der Waals surface area contributed by atoms with E-state index < -0.39 is 0 Å². The van der Waals surface area contributed by atoms with Gasteiger partial charge in [0.1, 0.15) is 11.5 Å². The summed E-state index contributed by atoms with van der Waals surface area (Å²) in [6.45, 7) is 4.09. The van der Waals surface area contributed by atoms with E-state index in [1.165, 1.54) is 0 Å². The van der Waals surface area contributed by atoms with Gasteiger partial charge in [-0.3, -0.25) is 4.79 Å². The Labute approximate surface area is 187 Å². The molecule has 1 aliphatic heterocycles. The minimum Gasteiger partial charge on any atom is -0.460 e. The first-order valence-electron chi connectivity index (χ1n) is 11.0. The average Bonchev–Trinajstić information content (AvgIpc) is 3.54. The predicted octanol–water partition coefficient (Wildman–Crippen LogP) is 4.86. The third-order valence-electron chi connectivity index (χ3n) is 5.72. The van der Waals surface area contributed by atoms with Gasteiger partial charge in [0.25, 0.3) is 0 Å². The number of nitrogens with one attached hydrogen (secondary N) is 1. The molecule has 32 heavy (non-hydrogen) atoms. The van der Waals surface area contributed by atoms with Gasteiger partial charge in [-0.15, -0.1) is 0 Å². The van der Waals surface area contributed by atoms with Crippen molar-refractivity contribution in [2.45, 2.75) is 32.9 Å². The van der Waals surface area contributed by atoms with Crippen LogP contribution in [0.4, 0.5) is 5.69 Å². The number of carbonyl (C=O) groups excluding carboxylic acids is 1. The first kappa shape index (κ1) is 20.3. The number of rotatable bonds is 7. The topological polar surface area (TPSA) is 63.3 Å². The first-order chi connectivity index (χ1) is 15.7. The van der Waals surface area contributed by atoms with E-state index in [1.54, 1.807) is 0 Å². The van der Waals surface area contributed by atoms with Crippen LogP contribution < -0.4 is 10.2 Å². The van der Waals surface area contributed by atoms with E-state index >= 15 is 0 Å². The highest BCUT2D eigenvalue weighted by Gasteiger charge is 2.21. The number of nitrogens with zero attached hydrogens (tertiary/aromatic N) is 3. The van der Waals surface area contributed by atoms with Crippen molar-refractivity contribution in [1.82, 2.24) is 15.1 Å². The molecule has 1 N–H and O–H groups in total. The lowest BCUT2D eigenvalue weighted by Crippen LogP contribution is -2.23. The number of para-hydroxylation sites is 1. The molecule has 0 saturated carbocycles. The van der Waals surface area contributed by atoms with Crippen LogP contribution in [0.1, 0.15) is 29.7 Å². The van der Waals surface area contributed by atoms with E-state index in [-0.39, 0.29) is 5.91 Å². The van der Waals surface area contributed by atoms with Crippen LogP contribution in [-0.4, -0.2) is 22.2 Å². The molecule has 162 valence electrons. The zero-order chi connectivity index (χ0) is 21.9. The number of carbonyl (C=O) groups is 1. The van der Waals surface area contributed by atoms with E-state index in [4.69, 9.17) is 9.52 Å². The Morgan fingerprint density at radius 2 is 1.84 bits per heavy atom. The maximum Gasteiger partial charge on any atom is 0.227 e. The molecule has 0 aliphatic carbocycles. The molecule has 1 fully saturated rings. The van der Waals surface area contributed by atoms with Gasteiger partial charge in [-0.2, -0.15) is 5.10 Å². The summed E-state index contributed by atoms with van der Waals surface area (Å²) in [5.41, 5.74) is 5.04. The highest BCUT2D eigenvalue weighted by Crippen LogP contribution is 2.26. The smallest absolute Gasteiger partial charge is 0.227 e. The number of hydrogen-bond acceptors (Lipinski definition) is 4. The molecule has 2 aromatic carbocycles. The van der Waals surface area contributed by atoms with Crippen LogP contribution in [0, 0.1) is 6.92 Å². The van der Waals surface area contributed by atoms with Crippen molar-refractivity contribution in [3.05, 3.63) is 89.8 Å². The monoisotopic (exact) mass is 426 g/mol. The molecule has 3 heterocycles. The van der Waals surface area contributed by atoms with Crippen LogP contribution in [0.15, 0.2) is 77.3 Å². The van der Waals surface area contributed by atoms with Crippen LogP contribution in [-0.2, 0) is 17.9 Å². The number of aromatic nitrogens is 2. The van der Waals surface area contributed by atoms with Crippen molar-refractivity contribution in [2.24, 2.45) is 0 Å². The zero-order valence-electron chi connectivity index (χ0n) is 18.1. The average molecular weight is 427 g/mol. The summed E-state index contributed by atoms with van der Waals surface area (Å²) in [5.74, 6) is 1.84. The number of amides is 1. The Morgan fingerprint density at radius 1 is 1.00 bits per heavy atom. The molecule has 5 rings (SSSR count). The summed E-state index contributed by atoms with van der Waals surface area (Å²) >= 11 is 0. The highest BCUT2D eigenvalue weighted by molar-refractivity contribution is 5.95. The molecule has 2 aromatic heterocycles. The van der Waals surface area contributed by atoms with E-state index in [0.717, 1.165) is 52.7 Å². The standard InChI is InChI=1S/C26H26N4O2/c1-19-12-13-24(32-19)26-21(18-30(28-26)22-8-3-2-4-9-22)17-27-16-20-7-5-10-23(15-20)29-14-6-11-25(29)31/h2-5,7-10,12-13,15,18,27H,6,11,14,16-17H2,1H3. The van der Waals surface area contributed by atoms with Crippen molar-refractivity contribution in [1.29, 1.82) is 0 Å². The van der Waals surface area contributed by atoms with Crippen LogP contribution in [0.5, 0.6) is 0 Å². The lowest BCUT2D eigenvalue weighted by atomic mass is 10.1. The van der Waals surface area contributed by atoms with E-state index in [0.29, 0.717) is 19.5 Å². The van der Waals surface area contributed by atoms with Gasteiger partial charge in [0.15, 0.2) is 5.76 Å². The highest BCUT2D eigenvalue weighted by atomic mass is 16.3. The van der Waals surface area contributed by atoms with Gasteiger partial charge in [-0.1, -0.05) is 30.3 Å². The summed E-state index contributed by atoms with van der Waals surface area (Å²) in [6, 6.07) is 22.2. The van der Waals surface area contributed by atoms with E-state index in [2.05, 4.69) is 23.6 Å². The van der Waals surface area contributed by atoms with E-state index in [9.17, 15) is 4.79 Å². The number of benzene rings is 2. The van der Waals surface area contributed by atoms with Gasteiger partial charge in [0.05, 0.1) is 5.69 Å². The molecule has 6 heteroatoms. The fourth-order valence-electron chi connectivity index (χ4n) is 4.12. The molecule has 1 saturated heterocycles. The summed E-state index contributed by atoms with van der Waals surface area (Å²) in [6.07, 6.45) is 3.62. The molecule has 0 radical (unpaired) electrons. The fourth-order valence-corrected chi connectivity index (χ4v) is 4.12. The minimum atomic E-state index is 0.210. The fraction of sp³-hybridized carbons (Fsp3) is 0.231. The van der Waals surface area contributed by atoms with Gasteiger partial charge in [0, 0.05) is 43.5 Å². The maximum absolute atomic E-state index is 12.1. The molecule has 0 spiro atoms. The Kier molecular flexibility index (Phi) is 5.60. The molecule has 4 aromatic rings. The zero-order valence-corrected chi connectivity index (χ0v) is 18.1. The summed E-state index contributed by atoms with van der Waals surface area (Å²) < 4.78 is 7.76. The van der Waals surface area contributed by atoms with Crippen molar-refractivity contribution in [3.8, 4) is 17.1 Å². The second-order valence-electron chi connectivity index (χ2n) is 8.12. The quantitative estimate of drug-likeness (QED) is 0.459.